The Labute approximate surface area is 118 Å². The van der Waals surface area contributed by atoms with Gasteiger partial charge in [-0.15, -0.1) is 0 Å². The third-order valence-corrected chi connectivity index (χ3v) is 2.65. The van der Waals surface area contributed by atoms with Crippen molar-refractivity contribution in [1.82, 2.24) is 4.90 Å². The summed E-state index contributed by atoms with van der Waals surface area (Å²) in [6.45, 7) is 3.69. The van der Waals surface area contributed by atoms with E-state index in [1.165, 1.54) is 11.0 Å². The Morgan fingerprint density at radius 1 is 1.35 bits per heavy atom. The summed E-state index contributed by atoms with van der Waals surface area (Å²) in [7, 11) is 1.62. The number of aliphatic carboxylic acids is 1. The van der Waals surface area contributed by atoms with Gasteiger partial charge < -0.3 is 15.1 Å². The van der Waals surface area contributed by atoms with Crippen LogP contribution in [0.2, 0.25) is 0 Å². The zero-order valence-corrected chi connectivity index (χ0v) is 11.8. The highest BCUT2D eigenvalue weighted by molar-refractivity contribution is 5.95. The Balaban J connectivity index is 3.00. The number of likely N-dealkylation sites (N-methyl/N-ethyl adjacent to an activating group) is 1. The quantitative estimate of drug-likeness (QED) is 0.800. The minimum absolute atomic E-state index is 0.209. The van der Waals surface area contributed by atoms with Crippen molar-refractivity contribution in [3.63, 3.8) is 0 Å². The number of aliphatic hydroxyl groups is 1. The normalized spacial score (nSPS) is 12.4. The molecule has 0 aliphatic heterocycles. The second-order valence-electron chi connectivity index (χ2n) is 4.84. The van der Waals surface area contributed by atoms with Gasteiger partial charge in [0, 0.05) is 25.2 Å². The number of carbonyl (C=O) groups is 2. The molecule has 20 heavy (non-hydrogen) atoms. The summed E-state index contributed by atoms with van der Waals surface area (Å²) in [4.78, 5) is 24.1. The first-order valence-electron chi connectivity index (χ1n) is 6.26. The maximum absolute atomic E-state index is 12.2. The molecule has 0 saturated heterocycles. The molecule has 1 amide bonds. The molecule has 0 radical (unpaired) electrons. The molecule has 1 aromatic carbocycles. The van der Waals surface area contributed by atoms with Crippen LogP contribution in [-0.4, -0.2) is 46.7 Å². The Morgan fingerprint density at radius 3 is 2.55 bits per heavy atom. The largest absolute Gasteiger partial charge is 0.478 e. The number of amides is 1. The number of rotatable bonds is 5. The van der Waals surface area contributed by atoms with Gasteiger partial charge in [0.15, 0.2) is 0 Å². The number of aryl methyl sites for hydroxylation is 1. The number of nitrogens with zero attached hydrogens (tertiary/aromatic N) is 1. The van der Waals surface area contributed by atoms with Crippen molar-refractivity contribution < 1.29 is 19.8 Å². The lowest BCUT2D eigenvalue weighted by molar-refractivity contribution is -0.131. The number of carbonyl (C=O) groups excluding carboxylic acids is 1. The van der Waals surface area contributed by atoms with Gasteiger partial charge in [-0.1, -0.05) is 6.07 Å². The fourth-order valence-electron chi connectivity index (χ4n) is 1.90. The van der Waals surface area contributed by atoms with Crippen molar-refractivity contribution >= 4 is 18.0 Å². The minimum Gasteiger partial charge on any atom is -0.478 e. The SMILES string of the molecule is Cc1cc(/C=C/C(=O)O)cc(C(=O)N(C)CC(C)O)c1. The maximum Gasteiger partial charge on any atom is 0.328 e. The zero-order chi connectivity index (χ0) is 15.3. The Hall–Kier alpha value is -2.14. The van der Waals surface area contributed by atoms with Gasteiger partial charge >= 0.3 is 5.97 Å². The van der Waals surface area contributed by atoms with E-state index in [-0.39, 0.29) is 12.5 Å². The Bertz CT molecular complexity index is 535. The first-order valence-corrected chi connectivity index (χ1v) is 6.26. The Morgan fingerprint density at radius 2 is 2.00 bits per heavy atom. The highest BCUT2D eigenvalue weighted by Gasteiger charge is 2.14. The second kappa shape index (κ2) is 6.86. The van der Waals surface area contributed by atoms with Crippen molar-refractivity contribution in [3.05, 3.63) is 41.0 Å². The van der Waals surface area contributed by atoms with Gasteiger partial charge in [-0.05, 0) is 43.2 Å². The van der Waals surface area contributed by atoms with Crippen molar-refractivity contribution in [2.75, 3.05) is 13.6 Å². The van der Waals surface area contributed by atoms with Gasteiger partial charge in [0.2, 0.25) is 0 Å². The minimum atomic E-state index is -1.04. The second-order valence-corrected chi connectivity index (χ2v) is 4.84. The van der Waals surface area contributed by atoms with E-state index in [9.17, 15) is 14.7 Å². The summed E-state index contributed by atoms with van der Waals surface area (Å²) in [5, 5.41) is 17.9. The molecule has 5 heteroatoms. The van der Waals surface area contributed by atoms with Gasteiger partial charge in [0.25, 0.3) is 5.91 Å². The van der Waals surface area contributed by atoms with Gasteiger partial charge in [0.1, 0.15) is 0 Å². The molecule has 5 nitrogen and oxygen atoms in total. The number of carboxylic acids is 1. The summed E-state index contributed by atoms with van der Waals surface area (Å²) in [5.41, 5.74) is 1.99. The number of aliphatic hydroxyl groups excluding tert-OH is 1. The highest BCUT2D eigenvalue weighted by atomic mass is 16.4. The predicted octanol–water partition coefficient (Wildman–Crippen LogP) is 1.55. The summed E-state index contributed by atoms with van der Waals surface area (Å²) in [5.74, 6) is -1.25. The third-order valence-electron chi connectivity index (χ3n) is 2.65. The summed E-state index contributed by atoms with van der Waals surface area (Å²) >= 11 is 0. The molecule has 1 rings (SSSR count). The van der Waals surface area contributed by atoms with E-state index in [2.05, 4.69) is 0 Å². The van der Waals surface area contributed by atoms with Crippen LogP contribution in [0.25, 0.3) is 6.08 Å². The first kappa shape index (κ1) is 15.9. The average molecular weight is 277 g/mol. The molecule has 1 unspecified atom stereocenters. The number of carboxylic acid groups (broad SMARTS) is 1. The highest BCUT2D eigenvalue weighted by Crippen LogP contribution is 2.13. The molecule has 0 aliphatic carbocycles. The van der Waals surface area contributed by atoms with Crippen LogP contribution in [0.1, 0.15) is 28.4 Å². The van der Waals surface area contributed by atoms with Crippen molar-refractivity contribution in [2.45, 2.75) is 20.0 Å². The molecule has 0 bridgehead atoms. The van der Waals surface area contributed by atoms with Crippen molar-refractivity contribution in [3.8, 4) is 0 Å². The van der Waals surface area contributed by atoms with Crippen LogP contribution in [0.15, 0.2) is 24.3 Å². The molecule has 0 saturated carbocycles. The first-order chi connectivity index (χ1) is 9.29. The topological polar surface area (TPSA) is 77.8 Å². The fraction of sp³-hybridized carbons (Fsp3) is 0.333. The third kappa shape index (κ3) is 4.85. The molecule has 0 aromatic heterocycles. The monoisotopic (exact) mass is 277 g/mol. The van der Waals surface area contributed by atoms with Crippen LogP contribution in [-0.2, 0) is 4.79 Å². The summed E-state index contributed by atoms with van der Waals surface area (Å²) in [6, 6.07) is 5.16. The van der Waals surface area contributed by atoms with Gasteiger partial charge in [-0.3, -0.25) is 4.79 Å². The molecule has 0 fully saturated rings. The predicted molar refractivity (Wildman–Crippen MR) is 76.5 cm³/mol. The molecule has 1 atom stereocenters. The van der Waals surface area contributed by atoms with Gasteiger partial charge in [-0.25, -0.2) is 4.79 Å². The lowest BCUT2D eigenvalue weighted by atomic mass is 10.0. The molecule has 0 spiro atoms. The van der Waals surface area contributed by atoms with E-state index in [1.54, 1.807) is 32.2 Å². The number of benzene rings is 1. The Kier molecular flexibility index (Phi) is 5.46. The molecular weight excluding hydrogens is 258 g/mol. The van der Waals surface area contributed by atoms with Crippen LogP contribution < -0.4 is 0 Å². The van der Waals surface area contributed by atoms with Crippen LogP contribution in [0.3, 0.4) is 0 Å². The van der Waals surface area contributed by atoms with Gasteiger partial charge in [0.05, 0.1) is 6.10 Å². The van der Waals surface area contributed by atoms with Crippen molar-refractivity contribution in [2.24, 2.45) is 0 Å². The van der Waals surface area contributed by atoms with Crippen LogP contribution in [0.5, 0.6) is 0 Å². The standard InChI is InChI=1S/C15H19NO4/c1-10-6-12(4-5-14(18)19)8-13(7-10)15(20)16(3)9-11(2)17/h4-8,11,17H,9H2,1-3H3,(H,18,19)/b5-4+. The molecule has 2 N–H and O–H groups in total. The van der Waals surface area contributed by atoms with Crippen molar-refractivity contribution in [1.29, 1.82) is 0 Å². The molecule has 1 aromatic rings. The van der Waals surface area contributed by atoms with E-state index in [1.807, 2.05) is 6.92 Å². The number of hydrogen-bond acceptors (Lipinski definition) is 3. The lowest BCUT2D eigenvalue weighted by Gasteiger charge is -2.19. The summed E-state index contributed by atoms with van der Waals surface area (Å²) < 4.78 is 0. The van der Waals surface area contributed by atoms with E-state index in [4.69, 9.17) is 5.11 Å². The van der Waals surface area contributed by atoms with Gasteiger partial charge in [-0.2, -0.15) is 0 Å². The summed E-state index contributed by atoms with van der Waals surface area (Å²) in [6.07, 6.45) is 1.88. The van der Waals surface area contributed by atoms with E-state index >= 15 is 0 Å². The maximum atomic E-state index is 12.2. The fourth-order valence-corrected chi connectivity index (χ4v) is 1.90. The van der Waals surface area contributed by atoms with E-state index < -0.39 is 12.1 Å². The van der Waals surface area contributed by atoms with Crippen LogP contribution in [0, 0.1) is 6.92 Å². The molecule has 0 aliphatic rings. The lowest BCUT2D eigenvalue weighted by Crippen LogP contribution is -2.33. The smallest absolute Gasteiger partial charge is 0.328 e. The van der Waals surface area contributed by atoms with E-state index in [0.717, 1.165) is 11.6 Å². The van der Waals surface area contributed by atoms with E-state index in [0.29, 0.717) is 11.1 Å². The molecule has 0 heterocycles. The number of hydrogen-bond donors (Lipinski definition) is 2. The molecular formula is C15H19NO4. The zero-order valence-electron chi connectivity index (χ0n) is 11.8. The van der Waals surface area contributed by atoms with Crippen LogP contribution in [0.4, 0.5) is 0 Å². The van der Waals surface area contributed by atoms with Crippen LogP contribution >= 0.6 is 0 Å². The molecule has 108 valence electrons. The average Bonchev–Trinajstić information content (AvgIpc) is 2.34.